The summed E-state index contributed by atoms with van der Waals surface area (Å²) in [7, 11) is -3.00. The molecule has 1 fully saturated rings. The number of para-hydroxylation sites is 1. The van der Waals surface area contributed by atoms with Crippen molar-refractivity contribution >= 4 is 44.1 Å². The number of fused-ring (bicyclic) bond motifs is 3. The lowest BCUT2D eigenvalue weighted by Crippen LogP contribution is -2.36. The Labute approximate surface area is 155 Å². The van der Waals surface area contributed by atoms with E-state index in [1.165, 1.54) is 11.8 Å². The van der Waals surface area contributed by atoms with Crippen molar-refractivity contribution in [2.24, 2.45) is 0 Å². The van der Waals surface area contributed by atoms with Crippen LogP contribution in [0.3, 0.4) is 0 Å². The van der Waals surface area contributed by atoms with Crippen LogP contribution in [0.15, 0.2) is 35.5 Å². The van der Waals surface area contributed by atoms with Gasteiger partial charge in [-0.25, -0.2) is 8.42 Å². The van der Waals surface area contributed by atoms with Crippen LogP contribution in [-0.2, 0) is 14.6 Å². The molecule has 1 aliphatic heterocycles. The van der Waals surface area contributed by atoms with Gasteiger partial charge in [0.25, 0.3) is 0 Å². The Morgan fingerprint density at radius 2 is 2.15 bits per heavy atom. The van der Waals surface area contributed by atoms with Crippen molar-refractivity contribution in [3.05, 3.63) is 35.9 Å². The van der Waals surface area contributed by atoms with Crippen LogP contribution in [0.4, 0.5) is 0 Å². The van der Waals surface area contributed by atoms with Gasteiger partial charge in [0.2, 0.25) is 5.91 Å². The molecule has 0 aliphatic carbocycles. The van der Waals surface area contributed by atoms with Crippen LogP contribution in [0.5, 0.6) is 0 Å². The van der Waals surface area contributed by atoms with Crippen molar-refractivity contribution in [2.45, 2.75) is 24.5 Å². The van der Waals surface area contributed by atoms with Gasteiger partial charge in [0.05, 0.1) is 22.8 Å². The van der Waals surface area contributed by atoms with Crippen LogP contribution in [0, 0.1) is 6.92 Å². The maximum Gasteiger partial charge on any atom is 0.230 e. The molecule has 4 rings (SSSR count). The van der Waals surface area contributed by atoms with Crippen molar-refractivity contribution in [3.63, 3.8) is 0 Å². The number of hydrogen-bond donors (Lipinski definition) is 1. The van der Waals surface area contributed by atoms with Crippen LogP contribution in [0.25, 0.3) is 16.6 Å². The van der Waals surface area contributed by atoms with Crippen LogP contribution in [0.1, 0.15) is 12.0 Å². The minimum Gasteiger partial charge on any atom is -0.352 e. The Morgan fingerprint density at radius 1 is 1.35 bits per heavy atom. The molecule has 0 bridgehead atoms. The normalized spacial score (nSPS) is 19.2. The summed E-state index contributed by atoms with van der Waals surface area (Å²) in [5.41, 5.74) is 2.86. The van der Waals surface area contributed by atoms with Gasteiger partial charge in [0.1, 0.15) is 0 Å². The van der Waals surface area contributed by atoms with Crippen molar-refractivity contribution in [2.75, 3.05) is 17.3 Å². The van der Waals surface area contributed by atoms with Crippen molar-refractivity contribution < 1.29 is 13.2 Å². The fourth-order valence-corrected chi connectivity index (χ4v) is 5.71. The highest BCUT2D eigenvalue weighted by Gasteiger charge is 2.28. The number of carbonyl (C=O) groups excluding carboxylic acids is 1. The molecule has 26 heavy (non-hydrogen) atoms. The van der Waals surface area contributed by atoms with Crippen LogP contribution in [-0.4, -0.2) is 52.2 Å². The molecule has 1 unspecified atom stereocenters. The van der Waals surface area contributed by atoms with E-state index in [-0.39, 0.29) is 29.2 Å². The number of rotatable bonds is 4. The first-order valence-electron chi connectivity index (χ1n) is 8.29. The second kappa shape index (κ2) is 6.55. The zero-order chi connectivity index (χ0) is 18.3. The Hall–Kier alpha value is -2.13. The average molecular weight is 390 g/mol. The fourth-order valence-electron chi connectivity index (χ4n) is 3.28. The molecule has 1 atom stereocenters. The van der Waals surface area contributed by atoms with Crippen LogP contribution < -0.4 is 5.32 Å². The molecule has 1 amide bonds. The SMILES string of the molecule is Cc1cc2nnc(SCC(=O)NC3CCS(=O)(=O)C3)n2c2ccccc12. The number of sulfone groups is 1. The number of benzene rings is 1. The minimum absolute atomic E-state index is 0.0290. The number of aryl methyl sites for hydroxylation is 1. The number of amides is 1. The Morgan fingerprint density at radius 3 is 2.92 bits per heavy atom. The van der Waals surface area contributed by atoms with E-state index in [9.17, 15) is 13.2 Å². The standard InChI is InChI=1S/C17H18N4O3S2/c1-11-8-15-19-20-17(21(15)14-5-3-2-4-13(11)14)25-9-16(22)18-12-6-7-26(23,24)10-12/h2-5,8,12H,6-7,9-10H2,1H3,(H,18,22). The summed E-state index contributed by atoms with van der Waals surface area (Å²) in [6.07, 6.45) is 0.483. The molecular formula is C17H18N4O3S2. The van der Waals surface area contributed by atoms with E-state index in [4.69, 9.17) is 0 Å². The molecule has 3 aromatic rings. The van der Waals surface area contributed by atoms with Gasteiger partial charge in [-0.15, -0.1) is 10.2 Å². The molecule has 1 aliphatic rings. The lowest BCUT2D eigenvalue weighted by atomic mass is 10.1. The second-order valence-corrected chi connectivity index (χ2v) is 9.65. The second-order valence-electron chi connectivity index (χ2n) is 6.48. The molecule has 7 nitrogen and oxygen atoms in total. The van der Waals surface area contributed by atoms with Crippen LogP contribution in [0.2, 0.25) is 0 Å². The molecule has 1 N–H and O–H groups in total. The quantitative estimate of drug-likeness (QED) is 0.680. The van der Waals surface area contributed by atoms with Gasteiger partial charge in [-0.3, -0.25) is 9.20 Å². The zero-order valence-electron chi connectivity index (χ0n) is 14.2. The third-order valence-corrected chi connectivity index (χ3v) is 7.20. The van der Waals surface area contributed by atoms with E-state index in [2.05, 4.69) is 15.5 Å². The van der Waals surface area contributed by atoms with E-state index in [1.807, 2.05) is 41.7 Å². The molecule has 0 radical (unpaired) electrons. The first-order chi connectivity index (χ1) is 12.4. The first kappa shape index (κ1) is 17.3. The summed E-state index contributed by atoms with van der Waals surface area (Å²) in [6.45, 7) is 2.03. The van der Waals surface area contributed by atoms with E-state index in [1.54, 1.807) is 0 Å². The van der Waals surface area contributed by atoms with Gasteiger partial charge in [-0.2, -0.15) is 0 Å². The predicted molar refractivity (Wildman–Crippen MR) is 101 cm³/mol. The lowest BCUT2D eigenvalue weighted by molar-refractivity contribution is -0.119. The third kappa shape index (κ3) is 3.28. The van der Waals surface area contributed by atoms with Gasteiger partial charge in [0.15, 0.2) is 20.6 Å². The minimum atomic E-state index is -3.00. The molecule has 0 saturated carbocycles. The highest BCUT2D eigenvalue weighted by molar-refractivity contribution is 7.99. The monoisotopic (exact) mass is 390 g/mol. The number of nitrogens with one attached hydrogen (secondary N) is 1. The highest BCUT2D eigenvalue weighted by Crippen LogP contribution is 2.25. The summed E-state index contributed by atoms with van der Waals surface area (Å²) < 4.78 is 24.9. The fraction of sp³-hybridized carbons (Fsp3) is 0.353. The van der Waals surface area contributed by atoms with Crippen LogP contribution >= 0.6 is 11.8 Å². The predicted octanol–water partition coefficient (Wildman–Crippen LogP) is 1.59. The van der Waals surface area contributed by atoms with E-state index >= 15 is 0 Å². The molecule has 136 valence electrons. The molecule has 1 saturated heterocycles. The van der Waals surface area contributed by atoms with Gasteiger partial charge in [0, 0.05) is 11.4 Å². The summed E-state index contributed by atoms with van der Waals surface area (Å²) >= 11 is 1.30. The third-order valence-electron chi connectivity index (χ3n) is 4.50. The van der Waals surface area contributed by atoms with Gasteiger partial charge >= 0.3 is 0 Å². The summed E-state index contributed by atoms with van der Waals surface area (Å²) in [4.78, 5) is 12.2. The summed E-state index contributed by atoms with van der Waals surface area (Å²) in [5.74, 6) is 0.150. The maximum absolute atomic E-state index is 12.2. The topological polar surface area (TPSA) is 93.4 Å². The Bertz CT molecular complexity index is 1110. The summed E-state index contributed by atoms with van der Waals surface area (Å²) in [5, 5.41) is 13.0. The number of nitrogens with zero attached hydrogens (tertiary/aromatic N) is 3. The van der Waals surface area contributed by atoms with Gasteiger partial charge in [-0.1, -0.05) is 30.0 Å². The highest BCUT2D eigenvalue weighted by atomic mass is 32.2. The molecule has 0 spiro atoms. The number of aromatic nitrogens is 3. The number of hydrogen-bond acceptors (Lipinski definition) is 6. The number of thioether (sulfide) groups is 1. The Balaban J connectivity index is 1.53. The van der Waals surface area contributed by atoms with E-state index in [0.717, 1.165) is 22.1 Å². The zero-order valence-corrected chi connectivity index (χ0v) is 15.8. The van der Waals surface area contributed by atoms with Gasteiger partial charge < -0.3 is 5.32 Å². The number of pyridine rings is 1. The van der Waals surface area contributed by atoms with E-state index in [0.29, 0.717) is 11.6 Å². The van der Waals surface area contributed by atoms with Crippen molar-refractivity contribution in [1.82, 2.24) is 19.9 Å². The Kier molecular flexibility index (Phi) is 4.36. The molecule has 3 heterocycles. The maximum atomic E-state index is 12.2. The van der Waals surface area contributed by atoms with Gasteiger partial charge in [-0.05, 0) is 31.0 Å². The largest absolute Gasteiger partial charge is 0.352 e. The van der Waals surface area contributed by atoms with Crippen molar-refractivity contribution in [3.8, 4) is 0 Å². The molecule has 9 heteroatoms. The first-order valence-corrected chi connectivity index (χ1v) is 11.1. The molecule has 1 aromatic carbocycles. The lowest BCUT2D eigenvalue weighted by Gasteiger charge is -2.10. The molecular weight excluding hydrogens is 372 g/mol. The van der Waals surface area contributed by atoms with E-state index < -0.39 is 9.84 Å². The molecule has 2 aromatic heterocycles. The smallest absolute Gasteiger partial charge is 0.230 e. The number of carbonyl (C=O) groups is 1. The van der Waals surface area contributed by atoms with Crippen molar-refractivity contribution in [1.29, 1.82) is 0 Å². The summed E-state index contributed by atoms with van der Waals surface area (Å²) in [6, 6.07) is 9.69. The average Bonchev–Trinajstić information content (AvgIpc) is 3.16.